The summed E-state index contributed by atoms with van der Waals surface area (Å²) in [4.78, 5) is 12.1. The fraction of sp³-hybridized carbons (Fsp3) is 0.400. The third-order valence-electron chi connectivity index (χ3n) is 2.93. The van der Waals surface area contributed by atoms with Gasteiger partial charge in [-0.2, -0.15) is 23.5 Å². The Bertz CT molecular complexity index is 563. The van der Waals surface area contributed by atoms with E-state index >= 15 is 0 Å². The van der Waals surface area contributed by atoms with Gasteiger partial charge in [-0.1, -0.05) is 23.4 Å². The topological polar surface area (TPSA) is 55.1 Å². The van der Waals surface area contributed by atoms with E-state index in [-0.39, 0.29) is 12.5 Å². The fourth-order valence-electron chi connectivity index (χ4n) is 1.87. The van der Waals surface area contributed by atoms with E-state index in [4.69, 9.17) is 17.3 Å². The van der Waals surface area contributed by atoms with Gasteiger partial charge >= 0.3 is 0 Å². The lowest BCUT2D eigenvalue weighted by atomic mass is 10.1. The Balaban J connectivity index is 1.94. The molecule has 0 aliphatic carbocycles. The van der Waals surface area contributed by atoms with Gasteiger partial charge in [0.25, 0.3) is 5.91 Å². The molecule has 1 fully saturated rings. The van der Waals surface area contributed by atoms with Crippen molar-refractivity contribution in [3.05, 3.63) is 34.3 Å². The lowest BCUT2D eigenvalue weighted by Crippen LogP contribution is -2.33. The highest BCUT2D eigenvalue weighted by Gasteiger charge is 2.16. The second-order valence-corrected chi connectivity index (χ2v) is 7.44. The van der Waals surface area contributed by atoms with Crippen molar-refractivity contribution >= 4 is 41.0 Å². The van der Waals surface area contributed by atoms with Crippen LogP contribution >= 0.6 is 35.1 Å². The molecule has 21 heavy (non-hydrogen) atoms. The van der Waals surface area contributed by atoms with E-state index in [2.05, 4.69) is 17.2 Å². The van der Waals surface area contributed by atoms with Gasteiger partial charge in [0.15, 0.2) is 0 Å². The minimum absolute atomic E-state index is 0.0913. The third-order valence-corrected chi connectivity index (χ3v) is 6.09. The molecule has 1 aromatic carbocycles. The smallest absolute Gasteiger partial charge is 0.251 e. The van der Waals surface area contributed by atoms with Crippen molar-refractivity contribution in [2.75, 3.05) is 30.3 Å². The van der Waals surface area contributed by atoms with Crippen LogP contribution in [-0.2, 0) is 0 Å². The third kappa shape index (κ3) is 5.15. The van der Waals surface area contributed by atoms with Crippen molar-refractivity contribution in [1.29, 1.82) is 0 Å². The Labute approximate surface area is 138 Å². The van der Waals surface area contributed by atoms with Gasteiger partial charge < -0.3 is 11.1 Å². The number of hydrogen-bond donors (Lipinski definition) is 2. The number of nitrogens with two attached hydrogens (primary N) is 1. The summed E-state index contributed by atoms with van der Waals surface area (Å²) in [6.45, 7) is 0.985. The van der Waals surface area contributed by atoms with Gasteiger partial charge in [0, 0.05) is 40.2 Å². The Kier molecular flexibility index (Phi) is 6.78. The maximum absolute atomic E-state index is 12.1. The van der Waals surface area contributed by atoms with Crippen LogP contribution in [-0.4, -0.2) is 41.5 Å². The lowest BCUT2D eigenvalue weighted by Gasteiger charge is -2.21. The van der Waals surface area contributed by atoms with Gasteiger partial charge in [0.2, 0.25) is 0 Å². The monoisotopic (exact) mass is 340 g/mol. The van der Waals surface area contributed by atoms with Crippen LogP contribution in [0.15, 0.2) is 18.2 Å². The molecule has 3 N–H and O–H groups in total. The van der Waals surface area contributed by atoms with Crippen molar-refractivity contribution in [2.45, 2.75) is 5.25 Å². The Hall–Kier alpha value is -0.800. The molecular weight excluding hydrogens is 324 g/mol. The number of rotatable bonds is 3. The molecule has 1 aliphatic heterocycles. The number of hydrogen-bond acceptors (Lipinski definition) is 4. The molecule has 0 bridgehead atoms. The SMILES string of the molecule is NCC#Cc1ccc(C(=O)NCC2CSCCS2)cc1Cl. The molecule has 3 nitrogen and oxygen atoms in total. The first-order valence-electron chi connectivity index (χ1n) is 6.66. The predicted octanol–water partition coefficient (Wildman–Crippen LogP) is 2.23. The highest BCUT2D eigenvalue weighted by Crippen LogP contribution is 2.23. The number of benzene rings is 1. The zero-order valence-electron chi connectivity index (χ0n) is 11.5. The molecular formula is C15H17ClN2OS2. The van der Waals surface area contributed by atoms with Crippen LogP contribution in [0.2, 0.25) is 5.02 Å². The fourth-order valence-corrected chi connectivity index (χ4v) is 4.71. The molecule has 0 radical (unpaired) electrons. The van der Waals surface area contributed by atoms with E-state index in [1.807, 2.05) is 23.5 Å². The van der Waals surface area contributed by atoms with Crippen LogP contribution in [0.1, 0.15) is 15.9 Å². The highest BCUT2D eigenvalue weighted by atomic mass is 35.5. The summed E-state index contributed by atoms with van der Waals surface area (Å²) in [5, 5.41) is 3.95. The Morgan fingerprint density at radius 3 is 3.00 bits per heavy atom. The molecule has 1 aromatic rings. The lowest BCUT2D eigenvalue weighted by molar-refractivity contribution is 0.0954. The van der Waals surface area contributed by atoms with Gasteiger partial charge in [0.1, 0.15) is 0 Å². The van der Waals surface area contributed by atoms with Crippen LogP contribution in [0.3, 0.4) is 0 Å². The second kappa shape index (κ2) is 8.60. The normalized spacial score (nSPS) is 17.7. The molecule has 0 saturated carbocycles. The summed E-state index contributed by atoms with van der Waals surface area (Å²) in [5.74, 6) is 9.00. The van der Waals surface area contributed by atoms with Gasteiger partial charge in [-0.3, -0.25) is 4.79 Å². The van der Waals surface area contributed by atoms with E-state index in [0.717, 1.165) is 11.5 Å². The zero-order valence-corrected chi connectivity index (χ0v) is 13.9. The predicted molar refractivity (Wildman–Crippen MR) is 93.3 cm³/mol. The summed E-state index contributed by atoms with van der Waals surface area (Å²) in [7, 11) is 0. The highest BCUT2D eigenvalue weighted by molar-refractivity contribution is 8.06. The van der Waals surface area contributed by atoms with Crippen LogP contribution in [0, 0.1) is 11.8 Å². The number of halogens is 1. The molecule has 1 heterocycles. The van der Waals surface area contributed by atoms with Gasteiger partial charge in [-0.25, -0.2) is 0 Å². The number of thioether (sulfide) groups is 2. The quantitative estimate of drug-likeness (QED) is 0.828. The summed E-state index contributed by atoms with van der Waals surface area (Å²) in [6, 6.07) is 5.15. The minimum atomic E-state index is -0.0913. The Morgan fingerprint density at radius 2 is 2.33 bits per heavy atom. The largest absolute Gasteiger partial charge is 0.351 e. The van der Waals surface area contributed by atoms with Crippen molar-refractivity contribution < 1.29 is 4.79 Å². The first-order valence-corrected chi connectivity index (χ1v) is 9.25. The summed E-state index contributed by atoms with van der Waals surface area (Å²) in [6.07, 6.45) is 0. The van der Waals surface area contributed by atoms with E-state index < -0.39 is 0 Å². The maximum Gasteiger partial charge on any atom is 0.251 e. The number of amides is 1. The molecule has 1 atom stereocenters. The zero-order chi connectivity index (χ0) is 15.1. The summed E-state index contributed by atoms with van der Waals surface area (Å²) in [5.41, 5.74) is 6.58. The van der Waals surface area contributed by atoms with Crippen molar-refractivity contribution in [1.82, 2.24) is 5.32 Å². The van der Waals surface area contributed by atoms with Crippen LogP contribution < -0.4 is 11.1 Å². The van der Waals surface area contributed by atoms with E-state index in [0.29, 0.717) is 27.9 Å². The van der Waals surface area contributed by atoms with Gasteiger partial charge in [0.05, 0.1) is 11.6 Å². The molecule has 0 spiro atoms. The maximum atomic E-state index is 12.1. The molecule has 0 aromatic heterocycles. The molecule has 6 heteroatoms. The first kappa shape index (κ1) is 16.6. The van der Waals surface area contributed by atoms with Gasteiger partial charge in [-0.05, 0) is 18.2 Å². The standard InChI is InChI=1S/C15H17ClN2OS2/c16-14-8-12(4-3-11(14)2-1-5-17)15(19)18-9-13-10-20-6-7-21-13/h3-4,8,13H,5-7,9-10,17H2,(H,18,19). The number of nitrogens with one attached hydrogen (secondary N) is 1. The molecule has 1 saturated heterocycles. The molecule has 1 amide bonds. The summed E-state index contributed by atoms with van der Waals surface area (Å²) < 4.78 is 0. The van der Waals surface area contributed by atoms with E-state index in [1.165, 1.54) is 5.75 Å². The molecule has 1 aliphatic rings. The number of carbonyl (C=O) groups is 1. The molecule has 112 valence electrons. The average Bonchev–Trinajstić information content (AvgIpc) is 2.52. The molecule has 1 unspecified atom stereocenters. The summed E-state index contributed by atoms with van der Waals surface area (Å²) >= 11 is 9.99. The van der Waals surface area contributed by atoms with Gasteiger partial charge in [-0.15, -0.1) is 0 Å². The first-order chi connectivity index (χ1) is 10.2. The van der Waals surface area contributed by atoms with Crippen LogP contribution in [0.25, 0.3) is 0 Å². The van der Waals surface area contributed by atoms with Crippen LogP contribution in [0.4, 0.5) is 0 Å². The average molecular weight is 341 g/mol. The van der Waals surface area contributed by atoms with E-state index in [1.54, 1.807) is 18.2 Å². The van der Waals surface area contributed by atoms with Crippen LogP contribution in [0.5, 0.6) is 0 Å². The molecule has 2 rings (SSSR count). The second-order valence-electron chi connectivity index (χ2n) is 4.48. The van der Waals surface area contributed by atoms with Crippen molar-refractivity contribution in [3.63, 3.8) is 0 Å². The Morgan fingerprint density at radius 1 is 1.48 bits per heavy atom. The number of carbonyl (C=O) groups excluding carboxylic acids is 1. The van der Waals surface area contributed by atoms with E-state index in [9.17, 15) is 4.79 Å². The van der Waals surface area contributed by atoms with Crippen molar-refractivity contribution in [3.8, 4) is 11.8 Å². The minimum Gasteiger partial charge on any atom is -0.351 e. The van der Waals surface area contributed by atoms with Crippen molar-refractivity contribution in [2.24, 2.45) is 5.73 Å².